The van der Waals surface area contributed by atoms with Crippen LogP contribution in [0.25, 0.3) is 0 Å². The molecule has 2 aromatic heterocycles. The van der Waals surface area contributed by atoms with E-state index in [1.54, 1.807) is 7.11 Å². The van der Waals surface area contributed by atoms with Gasteiger partial charge in [-0.05, 0) is 48.9 Å². The van der Waals surface area contributed by atoms with Gasteiger partial charge in [0, 0.05) is 30.1 Å². The number of pyridine rings is 1. The number of aromatic nitrogens is 1. The molecule has 0 N–H and O–H groups in total. The molecule has 2 aliphatic rings. The molecule has 4 rings (SSSR count). The molecule has 2 aliphatic heterocycles. The number of hydrogen-bond donors (Lipinski definition) is 0. The summed E-state index contributed by atoms with van der Waals surface area (Å²) in [5.74, 6) is 1.82. The Hall–Kier alpha value is -1.59. The number of nitrogens with zero attached hydrogens (tertiary/aromatic N) is 2. The molecule has 0 unspecified atom stereocenters. The van der Waals surface area contributed by atoms with Crippen molar-refractivity contribution >= 4 is 17.2 Å². The average molecular weight is 330 g/mol. The molecule has 0 aromatic carbocycles. The van der Waals surface area contributed by atoms with Crippen LogP contribution < -0.4 is 9.64 Å². The number of aryl methyl sites for hydroxylation is 1. The van der Waals surface area contributed by atoms with Crippen molar-refractivity contribution in [1.82, 2.24) is 4.98 Å². The monoisotopic (exact) mass is 330 g/mol. The molecule has 1 saturated heterocycles. The van der Waals surface area contributed by atoms with Gasteiger partial charge in [0.25, 0.3) is 0 Å². The molecule has 0 radical (unpaired) electrons. The third kappa shape index (κ3) is 2.52. The first kappa shape index (κ1) is 15.0. The number of hydrogen-bond acceptors (Lipinski definition) is 5. The van der Waals surface area contributed by atoms with Crippen LogP contribution in [0.3, 0.4) is 0 Å². The van der Waals surface area contributed by atoms with Crippen molar-refractivity contribution in [3.05, 3.63) is 39.7 Å². The SMILES string of the molecule is COc1ccc(C)nc1N1CCC2(CC1)OCCc1sccc12. The smallest absolute Gasteiger partial charge is 0.171 e. The zero-order valence-electron chi connectivity index (χ0n) is 13.7. The van der Waals surface area contributed by atoms with Crippen molar-refractivity contribution in [2.24, 2.45) is 0 Å². The third-order valence-corrected chi connectivity index (χ3v) is 5.99. The molecular formula is C18H22N2O2S. The number of rotatable bonds is 2. The number of methoxy groups -OCH3 is 1. The standard InChI is InChI=1S/C18H22N2O2S/c1-13-3-4-15(21-2)17(19-13)20-9-7-18(8-10-20)14-6-12-23-16(14)5-11-22-18/h3-4,6,12H,5,7-11H2,1-2H3. The quantitative estimate of drug-likeness (QED) is 0.844. The fraction of sp³-hybridized carbons (Fsp3) is 0.500. The van der Waals surface area contributed by atoms with Crippen molar-refractivity contribution in [3.63, 3.8) is 0 Å². The molecule has 0 amide bonds. The normalized spacial score (nSPS) is 19.7. The van der Waals surface area contributed by atoms with Crippen LogP contribution in [0.4, 0.5) is 5.82 Å². The Labute approximate surface area is 141 Å². The highest BCUT2D eigenvalue weighted by Crippen LogP contribution is 2.44. The Morgan fingerprint density at radius 1 is 1.26 bits per heavy atom. The summed E-state index contributed by atoms with van der Waals surface area (Å²) in [6.45, 7) is 4.76. The fourth-order valence-electron chi connectivity index (χ4n) is 3.77. The van der Waals surface area contributed by atoms with Gasteiger partial charge < -0.3 is 14.4 Å². The molecule has 1 spiro atoms. The summed E-state index contributed by atoms with van der Waals surface area (Å²) < 4.78 is 11.8. The molecular weight excluding hydrogens is 308 g/mol. The van der Waals surface area contributed by atoms with E-state index in [1.165, 1.54) is 10.4 Å². The minimum absolute atomic E-state index is 0.0822. The molecule has 23 heavy (non-hydrogen) atoms. The van der Waals surface area contributed by atoms with Crippen molar-refractivity contribution in [2.75, 3.05) is 31.7 Å². The van der Waals surface area contributed by atoms with Gasteiger partial charge in [-0.3, -0.25) is 0 Å². The zero-order valence-corrected chi connectivity index (χ0v) is 14.5. The average Bonchev–Trinajstić information content (AvgIpc) is 3.06. The summed E-state index contributed by atoms with van der Waals surface area (Å²) in [4.78, 5) is 8.54. The molecule has 0 bridgehead atoms. The van der Waals surface area contributed by atoms with E-state index < -0.39 is 0 Å². The lowest BCUT2D eigenvalue weighted by atomic mass is 9.82. The molecule has 4 nitrogen and oxygen atoms in total. The lowest BCUT2D eigenvalue weighted by Crippen LogP contribution is -2.46. The highest BCUT2D eigenvalue weighted by Gasteiger charge is 2.41. The van der Waals surface area contributed by atoms with Gasteiger partial charge in [0.05, 0.1) is 19.3 Å². The number of ether oxygens (including phenoxy) is 2. The van der Waals surface area contributed by atoms with E-state index in [2.05, 4.69) is 16.3 Å². The second-order valence-corrected chi connectivity index (χ2v) is 7.32. The van der Waals surface area contributed by atoms with Crippen molar-refractivity contribution in [3.8, 4) is 5.75 Å². The van der Waals surface area contributed by atoms with Gasteiger partial charge in [0.1, 0.15) is 0 Å². The number of anilines is 1. The molecule has 1 fully saturated rings. The van der Waals surface area contributed by atoms with E-state index in [-0.39, 0.29) is 5.60 Å². The van der Waals surface area contributed by atoms with Gasteiger partial charge in [0.2, 0.25) is 0 Å². The van der Waals surface area contributed by atoms with Crippen molar-refractivity contribution in [2.45, 2.75) is 31.8 Å². The predicted molar refractivity (Wildman–Crippen MR) is 92.6 cm³/mol. The minimum Gasteiger partial charge on any atom is -0.493 e. The lowest BCUT2D eigenvalue weighted by molar-refractivity contribution is -0.0757. The zero-order chi connectivity index (χ0) is 15.9. The second-order valence-electron chi connectivity index (χ2n) is 6.32. The topological polar surface area (TPSA) is 34.6 Å². The number of piperidine rings is 1. The van der Waals surface area contributed by atoms with E-state index >= 15 is 0 Å². The number of fused-ring (bicyclic) bond motifs is 2. The Balaban J connectivity index is 1.58. The maximum Gasteiger partial charge on any atom is 0.171 e. The predicted octanol–water partition coefficient (Wildman–Crippen LogP) is 3.53. The van der Waals surface area contributed by atoms with Crippen LogP contribution in [0.1, 0.15) is 29.0 Å². The summed E-state index contributed by atoms with van der Waals surface area (Å²) in [7, 11) is 1.71. The second kappa shape index (κ2) is 5.80. The van der Waals surface area contributed by atoms with Crippen LogP contribution in [-0.4, -0.2) is 31.8 Å². The third-order valence-electron chi connectivity index (χ3n) is 5.01. The Kier molecular flexibility index (Phi) is 3.77. The Morgan fingerprint density at radius 2 is 2.09 bits per heavy atom. The van der Waals surface area contributed by atoms with E-state index in [0.717, 1.165) is 56.2 Å². The summed E-state index contributed by atoms with van der Waals surface area (Å²) in [5.41, 5.74) is 2.37. The van der Waals surface area contributed by atoms with Crippen molar-refractivity contribution in [1.29, 1.82) is 0 Å². The van der Waals surface area contributed by atoms with Crippen LogP contribution in [0.2, 0.25) is 0 Å². The summed E-state index contributed by atoms with van der Waals surface area (Å²) in [6.07, 6.45) is 3.08. The first-order valence-corrected chi connectivity index (χ1v) is 9.07. The molecule has 4 heterocycles. The van der Waals surface area contributed by atoms with E-state index in [0.29, 0.717) is 0 Å². The molecule has 0 saturated carbocycles. The molecule has 122 valence electrons. The molecule has 0 aliphatic carbocycles. The van der Waals surface area contributed by atoms with E-state index in [1.807, 2.05) is 30.4 Å². The van der Waals surface area contributed by atoms with Crippen LogP contribution in [-0.2, 0) is 16.8 Å². The Morgan fingerprint density at radius 3 is 2.87 bits per heavy atom. The number of thiophene rings is 1. The summed E-state index contributed by atoms with van der Waals surface area (Å²) in [6, 6.07) is 6.27. The molecule has 0 atom stereocenters. The molecule has 5 heteroatoms. The summed E-state index contributed by atoms with van der Waals surface area (Å²) in [5, 5.41) is 2.21. The highest BCUT2D eigenvalue weighted by atomic mass is 32.1. The first-order valence-electron chi connectivity index (χ1n) is 8.19. The first-order chi connectivity index (χ1) is 11.2. The fourth-order valence-corrected chi connectivity index (χ4v) is 4.72. The van der Waals surface area contributed by atoms with Gasteiger partial charge >= 0.3 is 0 Å². The maximum absolute atomic E-state index is 6.28. The maximum atomic E-state index is 6.28. The van der Waals surface area contributed by atoms with E-state index in [4.69, 9.17) is 14.5 Å². The van der Waals surface area contributed by atoms with Crippen LogP contribution in [0, 0.1) is 6.92 Å². The minimum atomic E-state index is -0.0822. The summed E-state index contributed by atoms with van der Waals surface area (Å²) >= 11 is 1.87. The van der Waals surface area contributed by atoms with Crippen LogP contribution in [0.15, 0.2) is 23.6 Å². The van der Waals surface area contributed by atoms with Crippen molar-refractivity contribution < 1.29 is 9.47 Å². The van der Waals surface area contributed by atoms with Gasteiger partial charge in [-0.2, -0.15) is 0 Å². The highest BCUT2D eigenvalue weighted by molar-refractivity contribution is 7.10. The van der Waals surface area contributed by atoms with Gasteiger partial charge in [-0.15, -0.1) is 11.3 Å². The van der Waals surface area contributed by atoms with Gasteiger partial charge in [-0.1, -0.05) is 0 Å². The molecule has 2 aromatic rings. The largest absolute Gasteiger partial charge is 0.493 e. The Bertz CT molecular complexity index is 705. The van der Waals surface area contributed by atoms with Gasteiger partial charge in [-0.25, -0.2) is 4.98 Å². The van der Waals surface area contributed by atoms with Gasteiger partial charge in [0.15, 0.2) is 11.6 Å². The van der Waals surface area contributed by atoms with E-state index in [9.17, 15) is 0 Å². The lowest BCUT2D eigenvalue weighted by Gasteiger charge is -2.44. The van der Waals surface area contributed by atoms with Crippen LogP contribution in [0.5, 0.6) is 5.75 Å². The van der Waals surface area contributed by atoms with Crippen LogP contribution >= 0.6 is 11.3 Å².